The van der Waals surface area contributed by atoms with Crippen molar-refractivity contribution in [2.75, 3.05) is 26.0 Å². The predicted octanol–water partition coefficient (Wildman–Crippen LogP) is 4.14. The molecule has 5 heteroatoms. The Morgan fingerprint density at radius 3 is 2.54 bits per heavy atom. The monoisotopic (exact) mass is 374 g/mol. The number of ether oxygens (including phenoxy) is 1. The Balaban J connectivity index is 1.27. The quantitative estimate of drug-likeness (QED) is 0.630. The van der Waals surface area contributed by atoms with E-state index in [-0.39, 0.29) is 0 Å². The van der Waals surface area contributed by atoms with Crippen molar-refractivity contribution in [3.63, 3.8) is 0 Å². The van der Waals surface area contributed by atoms with Gasteiger partial charge < -0.3 is 10.1 Å². The number of aryl methyl sites for hydroxylation is 1. The average Bonchev–Trinajstić information content (AvgIpc) is 3.11. The van der Waals surface area contributed by atoms with E-state index in [1.807, 2.05) is 30.3 Å². The van der Waals surface area contributed by atoms with Gasteiger partial charge >= 0.3 is 0 Å². The maximum absolute atomic E-state index is 5.19. The fourth-order valence-electron chi connectivity index (χ4n) is 3.59. The van der Waals surface area contributed by atoms with Crippen LogP contribution in [-0.4, -0.2) is 35.8 Å². The van der Waals surface area contributed by atoms with Crippen LogP contribution in [0.5, 0.6) is 5.75 Å². The maximum Gasteiger partial charge on any atom is 0.118 e. The molecule has 5 nitrogen and oxygen atoms in total. The molecular weight excluding hydrogens is 348 g/mol. The summed E-state index contributed by atoms with van der Waals surface area (Å²) < 4.78 is 5.19. The van der Waals surface area contributed by atoms with E-state index in [1.54, 1.807) is 7.11 Å². The zero-order valence-corrected chi connectivity index (χ0v) is 16.5. The summed E-state index contributed by atoms with van der Waals surface area (Å²) in [5.74, 6) is 0.844. The summed E-state index contributed by atoms with van der Waals surface area (Å²) in [6.45, 7) is 3.03. The minimum atomic E-state index is 0.844. The van der Waals surface area contributed by atoms with Crippen molar-refractivity contribution >= 4 is 5.69 Å². The van der Waals surface area contributed by atoms with Gasteiger partial charge in [0.05, 0.1) is 18.5 Å². The Morgan fingerprint density at radius 1 is 0.964 bits per heavy atom. The van der Waals surface area contributed by atoms with Crippen LogP contribution >= 0.6 is 0 Å². The van der Waals surface area contributed by atoms with Crippen LogP contribution < -0.4 is 10.1 Å². The normalized spacial score (nSPS) is 13.4. The van der Waals surface area contributed by atoms with Gasteiger partial charge in [0, 0.05) is 30.9 Å². The number of aromatic nitrogens is 2. The number of nitrogens with one attached hydrogen (secondary N) is 1. The number of benzene rings is 2. The van der Waals surface area contributed by atoms with E-state index < -0.39 is 0 Å². The minimum absolute atomic E-state index is 0.844. The second-order valence-corrected chi connectivity index (χ2v) is 7.32. The summed E-state index contributed by atoms with van der Waals surface area (Å²) in [6, 6.07) is 18.7. The number of nitrogens with zero attached hydrogens (tertiary/aromatic N) is 3. The first kappa shape index (κ1) is 18.4. The highest BCUT2D eigenvalue weighted by molar-refractivity contribution is 5.59. The van der Waals surface area contributed by atoms with Crippen LogP contribution in [0.4, 0.5) is 5.69 Å². The lowest BCUT2D eigenvalue weighted by Gasteiger charge is -2.08. The Bertz CT molecular complexity index is 922. The second kappa shape index (κ2) is 8.40. The molecule has 0 amide bonds. The van der Waals surface area contributed by atoms with Gasteiger partial charge in [0.2, 0.25) is 0 Å². The fourth-order valence-corrected chi connectivity index (χ4v) is 3.59. The summed E-state index contributed by atoms with van der Waals surface area (Å²) in [7, 11) is 3.83. The minimum Gasteiger partial charge on any atom is -0.497 e. The van der Waals surface area contributed by atoms with Crippen LogP contribution in [0.25, 0.3) is 11.3 Å². The van der Waals surface area contributed by atoms with Gasteiger partial charge in [-0.15, -0.1) is 0 Å². The lowest BCUT2D eigenvalue weighted by molar-refractivity contribution is 0.353. The van der Waals surface area contributed by atoms with Crippen molar-refractivity contribution in [3.05, 3.63) is 71.4 Å². The first-order valence-corrected chi connectivity index (χ1v) is 9.72. The van der Waals surface area contributed by atoms with Crippen LogP contribution in [0.3, 0.4) is 0 Å². The zero-order valence-electron chi connectivity index (χ0n) is 16.5. The second-order valence-electron chi connectivity index (χ2n) is 7.32. The first-order valence-electron chi connectivity index (χ1n) is 9.72. The molecule has 1 aliphatic rings. The lowest BCUT2D eigenvalue weighted by Crippen LogP contribution is -2.07. The van der Waals surface area contributed by atoms with Crippen LogP contribution in [0.1, 0.15) is 23.2 Å². The van der Waals surface area contributed by atoms with E-state index >= 15 is 0 Å². The zero-order chi connectivity index (χ0) is 19.3. The van der Waals surface area contributed by atoms with Crippen LogP contribution in [-0.2, 0) is 19.5 Å². The fraction of sp³-hybridized carbons (Fsp3) is 0.304. The van der Waals surface area contributed by atoms with Gasteiger partial charge in [0.15, 0.2) is 0 Å². The molecule has 0 spiro atoms. The van der Waals surface area contributed by atoms with Crippen LogP contribution in [0.2, 0.25) is 0 Å². The Labute approximate surface area is 166 Å². The largest absolute Gasteiger partial charge is 0.497 e. The molecule has 0 saturated carbocycles. The number of hydrogen-bond donors (Lipinski definition) is 1. The van der Waals surface area contributed by atoms with Gasteiger partial charge in [-0.3, -0.25) is 4.90 Å². The summed E-state index contributed by atoms with van der Waals surface area (Å²) in [5, 5.41) is 12.3. The summed E-state index contributed by atoms with van der Waals surface area (Å²) in [4.78, 5) is 2.34. The van der Waals surface area contributed by atoms with E-state index in [9.17, 15) is 0 Å². The number of hydrogen-bond acceptors (Lipinski definition) is 5. The molecule has 0 radical (unpaired) electrons. The van der Waals surface area contributed by atoms with Crippen molar-refractivity contribution in [1.29, 1.82) is 0 Å². The molecule has 0 saturated heterocycles. The van der Waals surface area contributed by atoms with Gasteiger partial charge in [0.25, 0.3) is 0 Å². The molecule has 0 fully saturated rings. The smallest absolute Gasteiger partial charge is 0.118 e. The van der Waals surface area contributed by atoms with Gasteiger partial charge in [0.1, 0.15) is 5.75 Å². The highest BCUT2D eigenvalue weighted by atomic mass is 16.5. The molecule has 0 bridgehead atoms. The van der Waals surface area contributed by atoms with Crippen molar-refractivity contribution < 1.29 is 4.74 Å². The molecule has 0 unspecified atom stereocenters. The van der Waals surface area contributed by atoms with E-state index in [1.165, 1.54) is 16.8 Å². The topological polar surface area (TPSA) is 50.3 Å². The molecule has 3 aromatic rings. The molecule has 1 aromatic heterocycles. The Hall–Kier alpha value is -2.92. The number of methoxy groups -OCH3 is 1. The summed E-state index contributed by atoms with van der Waals surface area (Å²) in [5.41, 5.74) is 7.04. The molecule has 4 rings (SSSR count). The van der Waals surface area contributed by atoms with Crippen LogP contribution in [0.15, 0.2) is 54.6 Å². The van der Waals surface area contributed by atoms with Gasteiger partial charge in [-0.25, -0.2) is 0 Å². The van der Waals surface area contributed by atoms with E-state index in [0.29, 0.717) is 0 Å². The van der Waals surface area contributed by atoms with E-state index in [2.05, 4.69) is 51.7 Å². The highest BCUT2D eigenvalue weighted by Crippen LogP contribution is 2.24. The first-order chi connectivity index (χ1) is 13.7. The number of fused-ring (bicyclic) bond motifs is 1. The highest BCUT2D eigenvalue weighted by Gasteiger charge is 2.15. The van der Waals surface area contributed by atoms with Gasteiger partial charge in [-0.05, 0) is 79.5 Å². The van der Waals surface area contributed by atoms with Crippen LogP contribution in [0, 0.1) is 0 Å². The Kier molecular flexibility index (Phi) is 5.53. The number of rotatable bonds is 7. The molecule has 2 heterocycles. The van der Waals surface area contributed by atoms with Gasteiger partial charge in [-0.1, -0.05) is 6.07 Å². The average molecular weight is 374 g/mol. The molecule has 0 atom stereocenters. The third-order valence-electron chi connectivity index (χ3n) is 5.13. The van der Waals surface area contributed by atoms with Crippen molar-refractivity contribution in [1.82, 2.24) is 15.1 Å². The SMILES string of the molecule is COc1ccc(-c2ccc(CCCNc3ccc4c(c3)CN(C)C4)nn2)cc1. The van der Waals surface area contributed by atoms with E-state index in [0.717, 1.165) is 55.2 Å². The molecule has 0 aliphatic carbocycles. The summed E-state index contributed by atoms with van der Waals surface area (Å²) >= 11 is 0. The number of anilines is 1. The van der Waals surface area contributed by atoms with Crippen molar-refractivity contribution in [3.8, 4) is 17.0 Å². The predicted molar refractivity (Wildman–Crippen MR) is 112 cm³/mol. The van der Waals surface area contributed by atoms with Gasteiger partial charge in [-0.2, -0.15) is 10.2 Å². The van der Waals surface area contributed by atoms with E-state index in [4.69, 9.17) is 4.74 Å². The van der Waals surface area contributed by atoms with Crippen molar-refractivity contribution in [2.45, 2.75) is 25.9 Å². The molecular formula is C23H26N4O. The lowest BCUT2D eigenvalue weighted by atomic mass is 10.1. The maximum atomic E-state index is 5.19. The third-order valence-corrected chi connectivity index (χ3v) is 5.13. The standard InChI is InChI=1S/C23H26N4O/c1-27-15-18-5-8-21(14-19(18)16-27)24-13-3-4-20-9-12-23(26-25-20)17-6-10-22(28-2)11-7-17/h5-12,14,24H,3-4,13,15-16H2,1-2H3. The molecule has 2 aromatic carbocycles. The molecule has 1 aliphatic heterocycles. The third kappa shape index (κ3) is 4.31. The van der Waals surface area contributed by atoms with Crippen molar-refractivity contribution in [2.24, 2.45) is 0 Å². The Morgan fingerprint density at radius 2 is 1.79 bits per heavy atom. The molecule has 28 heavy (non-hydrogen) atoms. The molecule has 1 N–H and O–H groups in total. The summed E-state index contributed by atoms with van der Waals surface area (Å²) in [6.07, 6.45) is 1.93. The molecule has 144 valence electrons.